The number of hydrogen-bond acceptors (Lipinski definition) is 3. The summed E-state index contributed by atoms with van der Waals surface area (Å²) >= 11 is 0. The van der Waals surface area contributed by atoms with Crippen LogP contribution >= 0.6 is 0 Å². The van der Waals surface area contributed by atoms with Crippen LogP contribution in [0.5, 0.6) is 0 Å². The van der Waals surface area contributed by atoms with Crippen molar-refractivity contribution < 1.29 is 13.6 Å². The summed E-state index contributed by atoms with van der Waals surface area (Å²) in [5.74, 6) is 1.88. The summed E-state index contributed by atoms with van der Waals surface area (Å²) in [6.45, 7) is 0. The molecule has 2 aliphatic heterocycles. The molecule has 0 aromatic rings. The summed E-state index contributed by atoms with van der Waals surface area (Å²) in [6, 6.07) is 2.83. The summed E-state index contributed by atoms with van der Waals surface area (Å²) in [7, 11) is 0.0604. The Bertz CT molecular complexity index is 335. The van der Waals surface area contributed by atoms with Gasteiger partial charge in [-0.3, -0.25) is 0 Å². The van der Waals surface area contributed by atoms with Gasteiger partial charge in [0, 0.05) is 0 Å². The average molecular weight is 327 g/mol. The maximum absolute atomic E-state index is 6.02. The van der Waals surface area contributed by atoms with Crippen molar-refractivity contribution in [1.29, 1.82) is 0 Å². The van der Waals surface area contributed by atoms with Crippen molar-refractivity contribution in [3.63, 3.8) is 0 Å². The van der Waals surface area contributed by atoms with Crippen LogP contribution in [0.3, 0.4) is 0 Å². The van der Waals surface area contributed by atoms with Crippen LogP contribution in [-0.4, -0.2) is 43.9 Å². The Morgan fingerprint density at radius 1 is 0.810 bits per heavy atom. The van der Waals surface area contributed by atoms with Crippen molar-refractivity contribution in [2.45, 2.75) is 87.9 Å². The molecule has 3 nitrogen and oxygen atoms in total. The van der Waals surface area contributed by atoms with E-state index in [0.717, 1.165) is 22.3 Å². The number of fused-ring (bicyclic) bond motifs is 2. The smallest absolute Gasteiger partial charge is 0.162 e. The molecule has 0 spiro atoms. The van der Waals surface area contributed by atoms with Gasteiger partial charge in [-0.05, 0) is 62.4 Å². The molecule has 0 aromatic heterocycles. The molecular formula is C16H30O3Si2. The summed E-state index contributed by atoms with van der Waals surface area (Å²) in [4.78, 5) is 0. The molecule has 6 atom stereocenters. The van der Waals surface area contributed by atoms with E-state index in [4.69, 9.17) is 13.6 Å². The molecule has 4 aliphatic rings. The van der Waals surface area contributed by atoms with Crippen molar-refractivity contribution in [3.05, 3.63) is 0 Å². The first kappa shape index (κ1) is 14.9. The zero-order valence-electron chi connectivity index (χ0n) is 13.3. The molecule has 0 N–H and O–H groups in total. The van der Waals surface area contributed by atoms with Crippen LogP contribution in [0, 0.1) is 11.8 Å². The highest BCUT2D eigenvalue weighted by atomic mass is 28.3. The molecule has 2 heterocycles. The average Bonchev–Trinajstić information content (AvgIpc) is 3.40. The van der Waals surface area contributed by atoms with Gasteiger partial charge in [-0.1, -0.05) is 12.8 Å². The molecule has 0 radical (unpaired) electrons. The summed E-state index contributed by atoms with van der Waals surface area (Å²) in [5.41, 5.74) is 0. The van der Waals surface area contributed by atoms with Gasteiger partial charge in [-0.15, -0.1) is 0 Å². The van der Waals surface area contributed by atoms with E-state index in [2.05, 4.69) is 0 Å². The van der Waals surface area contributed by atoms with Crippen LogP contribution < -0.4 is 0 Å². The van der Waals surface area contributed by atoms with Gasteiger partial charge in [0.2, 0.25) is 0 Å². The van der Waals surface area contributed by atoms with Crippen LogP contribution in [0.15, 0.2) is 0 Å². The van der Waals surface area contributed by atoms with E-state index in [-0.39, 0.29) is 0 Å². The Labute approximate surface area is 133 Å². The van der Waals surface area contributed by atoms with Crippen LogP contribution in [0.25, 0.3) is 0 Å². The Balaban J connectivity index is 1.14. The maximum Gasteiger partial charge on any atom is 0.162 e. The number of rotatable bonds is 7. The van der Waals surface area contributed by atoms with E-state index in [9.17, 15) is 0 Å². The molecule has 5 heteroatoms. The highest BCUT2D eigenvalue weighted by Crippen LogP contribution is 2.42. The zero-order chi connectivity index (χ0) is 14.2. The third-order valence-electron chi connectivity index (χ3n) is 6.35. The molecule has 2 saturated carbocycles. The fourth-order valence-electron chi connectivity index (χ4n) is 4.72. The summed E-state index contributed by atoms with van der Waals surface area (Å²) in [5, 5.41) is 0. The minimum absolute atomic E-state index is 0.648. The van der Waals surface area contributed by atoms with Crippen molar-refractivity contribution in [2.24, 2.45) is 11.8 Å². The Morgan fingerprint density at radius 3 is 1.76 bits per heavy atom. The van der Waals surface area contributed by atoms with Gasteiger partial charge in [0.25, 0.3) is 0 Å². The van der Waals surface area contributed by atoms with E-state index in [1.54, 1.807) is 0 Å². The van der Waals surface area contributed by atoms with E-state index in [0.29, 0.717) is 24.4 Å². The number of hydrogen-bond donors (Lipinski definition) is 0. The Kier molecular flexibility index (Phi) is 4.56. The van der Waals surface area contributed by atoms with E-state index in [1.807, 2.05) is 0 Å². The second-order valence-corrected chi connectivity index (χ2v) is 12.1. The topological polar surface area (TPSA) is 34.3 Å². The lowest BCUT2D eigenvalue weighted by Gasteiger charge is -2.23. The SMILES string of the molecule is [SiH3]O[SiH](CCC1CCC2OC2C1)CCC1CCC2OC2C1. The molecule has 4 rings (SSSR count). The maximum atomic E-state index is 6.02. The van der Waals surface area contributed by atoms with Crippen molar-refractivity contribution in [1.82, 2.24) is 0 Å². The lowest BCUT2D eigenvalue weighted by Crippen LogP contribution is -2.22. The lowest BCUT2D eigenvalue weighted by atomic mass is 9.87. The first-order chi connectivity index (χ1) is 10.3. The van der Waals surface area contributed by atoms with Crippen molar-refractivity contribution >= 4 is 19.5 Å². The van der Waals surface area contributed by atoms with E-state index < -0.39 is 9.04 Å². The highest BCUT2D eigenvalue weighted by Gasteiger charge is 2.44. The Morgan fingerprint density at radius 2 is 1.33 bits per heavy atom. The van der Waals surface area contributed by atoms with Crippen molar-refractivity contribution in [3.8, 4) is 0 Å². The van der Waals surface area contributed by atoms with Gasteiger partial charge in [0.1, 0.15) is 10.5 Å². The molecule has 0 amide bonds. The molecule has 2 aliphatic carbocycles. The van der Waals surface area contributed by atoms with Gasteiger partial charge in [0.15, 0.2) is 9.04 Å². The molecule has 0 aromatic carbocycles. The van der Waals surface area contributed by atoms with Crippen molar-refractivity contribution in [2.75, 3.05) is 0 Å². The zero-order valence-corrected chi connectivity index (χ0v) is 16.5. The standard InChI is InChI=1S/C16H30O3Si2/c20-19-21(7-5-11-1-3-13-15(9-11)17-13)8-6-12-2-4-14-16(10-12)18-14/h11-16,21H,1-10H2,20H3. The predicted molar refractivity (Wildman–Crippen MR) is 89.0 cm³/mol. The summed E-state index contributed by atoms with van der Waals surface area (Å²) in [6.07, 6.45) is 13.6. The molecule has 21 heavy (non-hydrogen) atoms. The monoisotopic (exact) mass is 326 g/mol. The molecule has 0 bridgehead atoms. The molecule has 120 valence electrons. The van der Waals surface area contributed by atoms with Gasteiger partial charge in [-0.25, -0.2) is 0 Å². The predicted octanol–water partition coefficient (Wildman–Crippen LogP) is 1.92. The first-order valence-corrected chi connectivity index (χ1v) is 12.1. The van der Waals surface area contributed by atoms with Gasteiger partial charge >= 0.3 is 0 Å². The quantitative estimate of drug-likeness (QED) is 0.529. The highest BCUT2D eigenvalue weighted by molar-refractivity contribution is 6.55. The molecular weight excluding hydrogens is 296 g/mol. The fourth-order valence-corrected chi connectivity index (χ4v) is 8.58. The number of ether oxygens (including phenoxy) is 2. The van der Waals surface area contributed by atoms with E-state index >= 15 is 0 Å². The van der Waals surface area contributed by atoms with Gasteiger partial charge in [0.05, 0.1) is 24.4 Å². The Hall–Kier alpha value is 0.314. The first-order valence-electron chi connectivity index (χ1n) is 9.15. The normalized spacial score (nSPS) is 45.7. The number of epoxide rings is 2. The van der Waals surface area contributed by atoms with Gasteiger partial charge in [-0.2, -0.15) is 0 Å². The molecule has 4 fully saturated rings. The minimum Gasteiger partial charge on any atom is -0.465 e. The fraction of sp³-hybridized carbons (Fsp3) is 1.00. The van der Waals surface area contributed by atoms with Crippen LogP contribution in [0.2, 0.25) is 12.1 Å². The lowest BCUT2D eigenvalue weighted by molar-refractivity contribution is 0.352. The van der Waals surface area contributed by atoms with Gasteiger partial charge < -0.3 is 13.6 Å². The third kappa shape index (κ3) is 3.81. The minimum atomic E-state index is -0.888. The second-order valence-electron chi connectivity index (χ2n) is 7.80. The van der Waals surface area contributed by atoms with E-state index in [1.165, 1.54) is 63.5 Å². The largest absolute Gasteiger partial charge is 0.465 e. The third-order valence-corrected chi connectivity index (χ3v) is 11.0. The summed E-state index contributed by atoms with van der Waals surface area (Å²) < 4.78 is 17.3. The van der Waals surface area contributed by atoms with Crippen LogP contribution in [0.1, 0.15) is 51.4 Å². The molecule has 2 saturated heterocycles. The van der Waals surface area contributed by atoms with Crippen LogP contribution in [-0.2, 0) is 13.6 Å². The van der Waals surface area contributed by atoms with Crippen LogP contribution in [0.4, 0.5) is 0 Å². The molecule has 6 unspecified atom stereocenters. The second kappa shape index (κ2) is 6.44.